The zero-order chi connectivity index (χ0) is 26.6. The van der Waals surface area contributed by atoms with Gasteiger partial charge in [-0.15, -0.1) is 11.3 Å². The Kier molecular flexibility index (Phi) is 5.10. The van der Waals surface area contributed by atoms with E-state index in [0.717, 1.165) is 55.3 Å². The number of nitriles is 1. The summed E-state index contributed by atoms with van der Waals surface area (Å²) in [6.45, 7) is 0. The Morgan fingerprint density at radius 3 is 2.02 bits per heavy atom. The van der Waals surface area contributed by atoms with Gasteiger partial charge in [0.25, 0.3) is 0 Å². The van der Waals surface area contributed by atoms with Gasteiger partial charge >= 0.3 is 0 Å². The van der Waals surface area contributed by atoms with Crippen molar-refractivity contribution in [1.29, 1.82) is 5.26 Å². The van der Waals surface area contributed by atoms with Gasteiger partial charge in [-0.05, 0) is 70.3 Å². The Bertz CT molecular complexity index is 2280. The van der Waals surface area contributed by atoms with Gasteiger partial charge in [0.05, 0.1) is 11.6 Å². The van der Waals surface area contributed by atoms with Gasteiger partial charge in [0, 0.05) is 36.5 Å². The third-order valence-electron chi connectivity index (χ3n) is 7.74. The minimum atomic E-state index is 0.657. The first-order chi connectivity index (χ1) is 19.8. The van der Waals surface area contributed by atoms with Gasteiger partial charge < -0.3 is 4.42 Å². The molecule has 0 N–H and O–H groups in total. The lowest BCUT2D eigenvalue weighted by atomic mass is 9.87. The molecule has 0 atom stereocenters. The monoisotopic (exact) mass is 527 g/mol. The van der Waals surface area contributed by atoms with Crippen molar-refractivity contribution in [2.45, 2.75) is 0 Å². The highest BCUT2D eigenvalue weighted by atomic mass is 32.1. The Morgan fingerprint density at radius 2 is 1.15 bits per heavy atom. The number of rotatable bonds is 3. The van der Waals surface area contributed by atoms with Crippen molar-refractivity contribution in [3.63, 3.8) is 0 Å². The maximum atomic E-state index is 10.3. The van der Waals surface area contributed by atoms with Gasteiger partial charge in [-0.25, -0.2) is 0 Å². The zero-order valence-corrected chi connectivity index (χ0v) is 22.2. The summed E-state index contributed by atoms with van der Waals surface area (Å²) in [6.07, 6.45) is 0. The molecule has 8 aromatic rings. The van der Waals surface area contributed by atoms with Crippen LogP contribution in [-0.2, 0) is 0 Å². The molecule has 0 saturated heterocycles. The topological polar surface area (TPSA) is 36.9 Å². The van der Waals surface area contributed by atoms with Crippen molar-refractivity contribution < 1.29 is 4.42 Å². The van der Waals surface area contributed by atoms with E-state index in [1.165, 1.54) is 20.2 Å². The lowest BCUT2D eigenvalue weighted by Crippen LogP contribution is -1.92. The number of hydrogen-bond acceptors (Lipinski definition) is 3. The molecule has 0 aliphatic rings. The molecule has 6 aromatic carbocycles. The number of hydrogen-bond donors (Lipinski definition) is 0. The Hall–Kier alpha value is -5.17. The second-order valence-electron chi connectivity index (χ2n) is 10.0. The summed E-state index contributed by atoms with van der Waals surface area (Å²) in [6, 6.07) is 46.7. The summed E-state index contributed by atoms with van der Waals surface area (Å²) in [5, 5.41) is 15.0. The van der Waals surface area contributed by atoms with Crippen LogP contribution < -0.4 is 0 Å². The molecule has 186 valence electrons. The van der Waals surface area contributed by atoms with Crippen molar-refractivity contribution in [2.75, 3.05) is 0 Å². The summed E-state index contributed by atoms with van der Waals surface area (Å²) in [5.74, 6) is 0. The van der Waals surface area contributed by atoms with E-state index < -0.39 is 0 Å². The molecule has 40 heavy (non-hydrogen) atoms. The predicted molar refractivity (Wildman–Crippen MR) is 168 cm³/mol. The predicted octanol–water partition coefficient (Wildman–Crippen LogP) is 10.8. The third-order valence-corrected chi connectivity index (χ3v) is 8.87. The Labute approximate surface area is 235 Å². The van der Waals surface area contributed by atoms with Gasteiger partial charge in [-0.3, -0.25) is 0 Å². The minimum absolute atomic E-state index is 0.657. The molecular formula is C37H21NOS. The molecule has 2 heterocycles. The second-order valence-corrected chi connectivity index (χ2v) is 11.1. The first-order valence-electron chi connectivity index (χ1n) is 13.2. The number of fused-ring (bicyclic) bond motifs is 6. The summed E-state index contributed by atoms with van der Waals surface area (Å²) < 4.78 is 8.65. The molecule has 0 unspecified atom stereocenters. The molecule has 0 fully saturated rings. The highest BCUT2D eigenvalue weighted by Gasteiger charge is 2.17. The minimum Gasteiger partial charge on any atom is -0.456 e. The van der Waals surface area contributed by atoms with Gasteiger partial charge in [-0.2, -0.15) is 5.26 Å². The van der Waals surface area contributed by atoms with Crippen LogP contribution in [0.25, 0.3) is 75.5 Å². The van der Waals surface area contributed by atoms with E-state index in [0.29, 0.717) is 5.56 Å². The molecule has 0 saturated carbocycles. The molecule has 8 rings (SSSR count). The van der Waals surface area contributed by atoms with E-state index in [1.54, 1.807) is 0 Å². The van der Waals surface area contributed by atoms with Gasteiger partial charge in [0.1, 0.15) is 11.2 Å². The zero-order valence-electron chi connectivity index (χ0n) is 21.4. The third kappa shape index (κ3) is 3.55. The van der Waals surface area contributed by atoms with Crippen LogP contribution in [0.4, 0.5) is 0 Å². The summed E-state index contributed by atoms with van der Waals surface area (Å²) in [7, 11) is 0. The fraction of sp³-hybridized carbons (Fsp3) is 0. The maximum absolute atomic E-state index is 10.3. The quantitative estimate of drug-likeness (QED) is 0.229. The van der Waals surface area contributed by atoms with Crippen molar-refractivity contribution >= 4 is 53.4 Å². The molecule has 0 aliphatic heterocycles. The van der Waals surface area contributed by atoms with Crippen molar-refractivity contribution in [3.8, 4) is 39.4 Å². The Morgan fingerprint density at radius 1 is 0.475 bits per heavy atom. The number of para-hydroxylation sites is 1. The van der Waals surface area contributed by atoms with Crippen LogP contribution in [0.15, 0.2) is 132 Å². The lowest BCUT2D eigenvalue weighted by Gasteiger charge is -2.15. The van der Waals surface area contributed by atoms with Crippen LogP contribution in [-0.4, -0.2) is 0 Å². The highest BCUT2D eigenvalue weighted by Crippen LogP contribution is 2.42. The number of benzene rings is 6. The molecule has 3 heteroatoms. The van der Waals surface area contributed by atoms with Gasteiger partial charge in [0.2, 0.25) is 0 Å². The fourth-order valence-electron chi connectivity index (χ4n) is 5.81. The fourth-order valence-corrected chi connectivity index (χ4v) is 6.96. The summed E-state index contributed by atoms with van der Waals surface area (Å²) in [5.41, 5.74) is 8.69. The van der Waals surface area contributed by atoms with Crippen molar-refractivity contribution in [3.05, 3.63) is 133 Å². The normalized spacial score (nSPS) is 11.5. The van der Waals surface area contributed by atoms with E-state index >= 15 is 0 Å². The highest BCUT2D eigenvalue weighted by molar-refractivity contribution is 7.25. The van der Waals surface area contributed by atoms with Crippen LogP contribution in [0.1, 0.15) is 5.56 Å². The van der Waals surface area contributed by atoms with Gasteiger partial charge in [0.15, 0.2) is 0 Å². The first kappa shape index (κ1) is 22.8. The second kappa shape index (κ2) is 8.95. The van der Waals surface area contributed by atoms with E-state index in [9.17, 15) is 5.26 Å². The van der Waals surface area contributed by atoms with E-state index in [1.807, 2.05) is 53.8 Å². The van der Waals surface area contributed by atoms with Crippen LogP contribution in [0.2, 0.25) is 0 Å². The molecule has 0 aliphatic carbocycles. The largest absolute Gasteiger partial charge is 0.456 e. The van der Waals surface area contributed by atoms with Gasteiger partial charge in [-0.1, -0.05) is 84.9 Å². The van der Waals surface area contributed by atoms with Crippen LogP contribution in [0.3, 0.4) is 0 Å². The molecule has 2 aromatic heterocycles. The number of thiophene rings is 1. The Balaban J connectivity index is 1.41. The molecule has 0 spiro atoms. The standard InChI is InChI=1S/C37H21NOS/c38-22-26-19-31(24-15-17-35-33(18-24)27-10-4-6-12-34(27)39-35)32(21-30(26)23-8-2-1-3-9-23)25-14-16-29-28-11-5-7-13-36(28)40-37(29)20-25/h1-21H. The van der Waals surface area contributed by atoms with E-state index in [2.05, 4.69) is 91.0 Å². The molecule has 2 nitrogen and oxygen atoms in total. The van der Waals surface area contributed by atoms with E-state index in [-0.39, 0.29) is 0 Å². The molecule has 0 bridgehead atoms. The van der Waals surface area contributed by atoms with Crippen molar-refractivity contribution in [1.82, 2.24) is 0 Å². The van der Waals surface area contributed by atoms with Crippen LogP contribution in [0.5, 0.6) is 0 Å². The number of furan rings is 1. The summed E-state index contributed by atoms with van der Waals surface area (Å²) >= 11 is 1.82. The van der Waals surface area contributed by atoms with Crippen LogP contribution in [0, 0.1) is 11.3 Å². The average Bonchev–Trinajstić information content (AvgIpc) is 3.58. The van der Waals surface area contributed by atoms with Crippen molar-refractivity contribution in [2.24, 2.45) is 0 Å². The number of nitrogens with zero attached hydrogens (tertiary/aromatic N) is 1. The molecule has 0 radical (unpaired) electrons. The lowest BCUT2D eigenvalue weighted by molar-refractivity contribution is 0.669. The maximum Gasteiger partial charge on any atom is 0.135 e. The average molecular weight is 528 g/mol. The molecular weight excluding hydrogens is 506 g/mol. The first-order valence-corrected chi connectivity index (χ1v) is 14.1. The summed E-state index contributed by atoms with van der Waals surface area (Å²) in [4.78, 5) is 0. The van der Waals surface area contributed by atoms with E-state index in [4.69, 9.17) is 4.42 Å². The smallest absolute Gasteiger partial charge is 0.135 e. The molecule has 0 amide bonds. The SMILES string of the molecule is N#Cc1cc(-c2ccc3oc4ccccc4c3c2)c(-c2ccc3c(c2)sc2ccccc23)cc1-c1ccccc1. The van der Waals surface area contributed by atoms with Crippen LogP contribution >= 0.6 is 11.3 Å².